The van der Waals surface area contributed by atoms with Crippen LogP contribution in [-0.2, 0) is 35.2 Å². The molecular weight excluding hydrogens is 330 g/mol. The molecule has 0 aliphatic heterocycles. The second-order valence-corrected chi connectivity index (χ2v) is 4.82. The molecule has 0 radical (unpaired) electrons. The zero-order valence-electron chi connectivity index (χ0n) is 13.7. The summed E-state index contributed by atoms with van der Waals surface area (Å²) in [6.07, 6.45) is 1.30. The van der Waals surface area contributed by atoms with Gasteiger partial charge in [-0.25, -0.2) is 9.59 Å². The Bertz CT molecular complexity index is 640. The molecule has 0 fully saturated rings. The minimum Gasteiger partial charge on any atom is -0.478 e. The summed E-state index contributed by atoms with van der Waals surface area (Å²) in [5, 5.41) is 8.42. The van der Waals surface area contributed by atoms with Crippen molar-refractivity contribution in [3.8, 4) is 0 Å². The molecule has 0 bridgehead atoms. The number of carbonyl (C=O) groups is 4. The highest BCUT2D eigenvalue weighted by Crippen LogP contribution is 2.05. The van der Waals surface area contributed by atoms with Crippen molar-refractivity contribution in [3.63, 3.8) is 0 Å². The summed E-state index contributed by atoms with van der Waals surface area (Å²) in [5.41, 5.74) is 0.789. The lowest BCUT2D eigenvalue weighted by molar-refractivity contribution is -0.153. The fourth-order valence-corrected chi connectivity index (χ4v) is 1.81. The number of nitrogens with zero attached hydrogens (tertiary/aromatic N) is 1. The van der Waals surface area contributed by atoms with Crippen LogP contribution in [0.1, 0.15) is 12.5 Å². The summed E-state index contributed by atoms with van der Waals surface area (Å²) in [6, 6.07) is 8.97. The lowest BCUT2D eigenvalue weighted by atomic mass is 10.2. The van der Waals surface area contributed by atoms with E-state index in [-0.39, 0.29) is 19.7 Å². The lowest BCUT2D eigenvalue weighted by Gasteiger charge is -2.21. The number of carbonyl (C=O) groups excluding carboxylic acids is 3. The molecule has 1 rings (SSSR count). The molecule has 1 aromatic carbocycles. The van der Waals surface area contributed by atoms with Crippen LogP contribution in [0.25, 0.3) is 0 Å². The van der Waals surface area contributed by atoms with E-state index in [1.807, 2.05) is 6.07 Å². The first kappa shape index (κ1) is 19.9. The van der Waals surface area contributed by atoms with Crippen molar-refractivity contribution in [1.29, 1.82) is 0 Å². The Balaban J connectivity index is 2.69. The van der Waals surface area contributed by atoms with Crippen LogP contribution in [0.4, 0.5) is 0 Å². The molecule has 8 heteroatoms. The Morgan fingerprint density at radius 2 is 1.76 bits per heavy atom. The van der Waals surface area contributed by atoms with Gasteiger partial charge in [0, 0.05) is 18.7 Å². The SMILES string of the molecule is CCOC(=O)CN(Cc1ccccc1)C(=O)COC(=O)C=CC(=O)O. The highest BCUT2D eigenvalue weighted by molar-refractivity contribution is 5.92. The van der Waals surface area contributed by atoms with Crippen LogP contribution in [0.5, 0.6) is 0 Å². The van der Waals surface area contributed by atoms with E-state index in [0.29, 0.717) is 12.2 Å². The standard InChI is InChI=1S/C17H19NO7/c1-2-24-17(23)11-18(10-13-6-4-3-5-7-13)14(19)12-25-16(22)9-8-15(20)21/h3-9H,2,10-12H2,1H3,(H,20,21). The summed E-state index contributed by atoms with van der Waals surface area (Å²) in [4.78, 5) is 46.7. The van der Waals surface area contributed by atoms with Crippen LogP contribution < -0.4 is 0 Å². The Kier molecular flexibility index (Phi) is 8.42. The quantitative estimate of drug-likeness (QED) is 0.518. The number of rotatable bonds is 9. The van der Waals surface area contributed by atoms with Gasteiger partial charge in [0.15, 0.2) is 6.61 Å². The van der Waals surface area contributed by atoms with Crippen molar-refractivity contribution in [2.75, 3.05) is 19.8 Å². The molecule has 0 atom stereocenters. The molecule has 0 unspecified atom stereocenters. The first-order chi connectivity index (χ1) is 11.9. The minimum absolute atomic E-state index is 0.140. The Morgan fingerprint density at radius 1 is 1.08 bits per heavy atom. The summed E-state index contributed by atoms with van der Waals surface area (Å²) < 4.78 is 9.52. The van der Waals surface area contributed by atoms with E-state index in [1.165, 1.54) is 4.90 Å². The van der Waals surface area contributed by atoms with Gasteiger partial charge in [0.05, 0.1) is 6.61 Å². The third-order valence-corrected chi connectivity index (χ3v) is 2.89. The number of hydrogen-bond donors (Lipinski definition) is 1. The Labute approximate surface area is 144 Å². The highest BCUT2D eigenvalue weighted by Gasteiger charge is 2.19. The first-order valence-corrected chi connectivity index (χ1v) is 7.47. The van der Waals surface area contributed by atoms with Gasteiger partial charge >= 0.3 is 17.9 Å². The molecule has 0 spiro atoms. The average molecular weight is 349 g/mol. The van der Waals surface area contributed by atoms with E-state index in [1.54, 1.807) is 31.2 Å². The van der Waals surface area contributed by atoms with Gasteiger partial charge in [-0.3, -0.25) is 9.59 Å². The van der Waals surface area contributed by atoms with Crippen molar-refractivity contribution in [2.24, 2.45) is 0 Å². The average Bonchev–Trinajstić information content (AvgIpc) is 2.58. The van der Waals surface area contributed by atoms with Crippen LogP contribution in [-0.4, -0.2) is 53.6 Å². The van der Waals surface area contributed by atoms with E-state index < -0.39 is 30.4 Å². The number of ether oxygens (including phenoxy) is 2. The summed E-state index contributed by atoms with van der Waals surface area (Å²) >= 11 is 0. The summed E-state index contributed by atoms with van der Waals surface area (Å²) in [5.74, 6) is -3.46. The van der Waals surface area contributed by atoms with E-state index in [2.05, 4.69) is 4.74 Å². The third-order valence-electron chi connectivity index (χ3n) is 2.89. The van der Waals surface area contributed by atoms with Gasteiger partial charge in [-0.05, 0) is 12.5 Å². The summed E-state index contributed by atoms with van der Waals surface area (Å²) in [6.45, 7) is 1.07. The highest BCUT2D eigenvalue weighted by atomic mass is 16.5. The van der Waals surface area contributed by atoms with Crippen molar-refractivity contribution in [2.45, 2.75) is 13.5 Å². The third kappa shape index (κ3) is 8.31. The molecule has 0 aromatic heterocycles. The maximum atomic E-state index is 12.2. The Morgan fingerprint density at radius 3 is 2.36 bits per heavy atom. The van der Waals surface area contributed by atoms with Gasteiger partial charge in [0.25, 0.3) is 5.91 Å². The van der Waals surface area contributed by atoms with Crippen LogP contribution in [0, 0.1) is 0 Å². The number of esters is 2. The van der Waals surface area contributed by atoms with Gasteiger partial charge in [0.2, 0.25) is 0 Å². The molecule has 25 heavy (non-hydrogen) atoms. The zero-order valence-corrected chi connectivity index (χ0v) is 13.7. The van der Waals surface area contributed by atoms with Crippen molar-refractivity contribution >= 4 is 23.8 Å². The molecule has 0 heterocycles. The molecular formula is C17H19NO7. The molecule has 1 N–H and O–H groups in total. The molecule has 134 valence electrons. The maximum absolute atomic E-state index is 12.2. The largest absolute Gasteiger partial charge is 0.478 e. The predicted octanol–water partition coefficient (Wildman–Crippen LogP) is 0.762. The van der Waals surface area contributed by atoms with E-state index in [4.69, 9.17) is 9.84 Å². The molecule has 0 aliphatic carbocycles. The van der Waals surface area contributed by atoms with Gasteiger partial charge in [0.1, 0.15) is 6.54 Å². The van der Waals surface area contributed by atoms with Crippen molar-refractivity contribution in [1.82, 2.24) is 4.90 Å². The minimum atomic E-state index is -1.31. The Hall–Kier alpha value is -3.16. The first-order valence-electron chi connectivity index (χ1n) is 7.47. The molecule has 1 aromatic rings. The number of amides is 1. The van der Waals surface area contributed by atoms with Crippen molar-refractivity contribution in [3.05, 3.63) is 48.0 Å². The monoisotopic (exact) mass is 349 g/mol. The number of hydrogen-bond acceptors (Lipinski definition) is 6. The maximum Gasteiger partial charge on any atom is 0.331 e. The molecule has 0 saturated heterocycles. The molecule has 8 nitrogen and oxygen atoms in total. The number of carboxylic acid groups (broad SMARTS) is 1. The fourth-order valence-electron chi connectivity index (χ4n) is 1.81. The smallest absolute Gasteiger partial charge is 0.331 e. The second-order valence-electron chi connectivity index (χ2n) is 4.82. The van der Waals surface area contributed by atoms with E-state index in [9.17, 15) is 19.2 Å². The lowest BCUT2D eigenvalue weighted by Crippen LogP contribution is -2.38. The number of benzene rings is 1. The van der Waals surface area contributed by atoms with Crippen LogP contribution in [0.3, 0.4) is 0 Å². The predicted molar refractivity (Wildman–Crippen MR) is 86.2 cm³/mol. The van der Waals surface area contributed by atoms with Gasteiger partial charge < -0.3 is 19.5 Å². The van der Waals surface area contributed by atoms with Gasteiger partial charge in [-0.15, -0.1) is 0 Å². The molecule has 1 amide bonds. The number of carboxylic acids is 1. The van der Waals surface area contributed by atoms with Crippen molar-refractivity contribution < 1.29 is 33.8 Å². The summed E-state index contributed by atoms with van der Waals surface area (Å²) in [7, 11) is 0. The van der Waals surface area contributed by atoms with E-state index >= 15 is 0 Å². The van der Waals surface area contributed by atoms with E-state index in [0.717, 1.165) is 5.56 Å². The van der Waals surface area contributed by atoms with Gasteiger partial charge in [-0.2, -0.15) is 0 Å². The van der Waals surface area contributed by atoms with Crippen LogP contribution in [0.15, 0.2) is 42.5 Å². The number of aliphatic carboxylic acids is 1. The second kappa shape index (κ2) is 10.6. The topological polar surface area (TPSA) is 110 Å². The zero-order chi connectivity index (χ0) is 18.7. The van der Waals surface area contributed by atoms with Crippen LogP contribution >= 0.6 is 0 Å². The van der Waals surface area contributed by atoms with Gasteiger partial charge in [-0.1, -0.05) is 30.3 Å². The van der Waals surface area contributed by atoms with Crippen LogP contribution in [0.2, 0.25) is 0 Å². The normalized spacial score (nSPS) is 10.3. The molecule has 0 aliphatic rings. The fraction of sp³-hybridized carbons (Fsp3) is 0.294. The molecule has 0 saturated carbocycles.